The number of thiophene rings is 1. The zero-order valence-corrected chi connectivity index (χ0v) is 11.4. The van der Waals surface area contributed by atoms with Crippen molar-refractivity contribution in [2.45, 2.75) is 6.54 Å². The molecule has 0 aromatic carbocycles. The maximum absolute atomic E-state index is 12.2. The Balaban J connectivity index is 2.37. The molecular weight excluding hydrogens is 278 g/mol. The van der Waals surface area contributed by atoms with Gasteiger partial charge in [0, 0.05) is 17.6 Å². The molecule has 1 amide bonds. The third-order valence-electron chi connectivity index (χ3n) is 2.61. The highest BCUT2D eigenvalue weighted by Crippen LogP contribution is 2.08. The SMILES string of the molecule is C=CCNC(=O)c1c[nH]c(=O)n(Cc2cccs2)c1=O. The number of rotatable bonds is 5. The number of amides is 1. The molecule has 7 heteroatoms. The van der Waals surface area contributed by atoms with Crippen LogP contribution in [-0.2, 0) is 6.54 Å². The molecule has 0 aliphatic heterocycles. The van der Waals surface area contributed by atoms with Gasteiger partial charge in [-0.2, -0.15) is 0 Å². The van der Waals surface area contributed by atoms with Gasteiger partial charge in [0.2, 0.25) is 0 Å². The van der Waals surface area contributed by atoms with Crippen LogP contribution in [0, 0.1) is 0 Å². The van der Waals surface area contributed by atoms with Crippen molar-refractivity contribution >= 4 is 17.2 Å². The van der Waals surface area contributed by atoms with Gasteiger partial charge in [0.05, 0.1) is 6.54 Å². The summed E-state index contributed by atoms with van der Waals surface area (Å²) >= 11 is 1.44. The van der Waals surface area contributed by atoms with Crippen LogP contribution in [0.5, 0.6) is 0 Å². The van der Waals surface area contributed by atoms with Crippen LogP contribution in [0.1, 0.15) is 15.2 Å². The third-order valence-corrected chi connectivity index (χ3v) is 3.47. The second-order valence-electron chi connectivity index (χ2n) is 3.98. The van der Waals surface area contributed by atoms with Gasteiger partial charge in [0.1, 0.15) is 5.56 Å². The minimum atomic E-state index is -0.608. The van der Waals surface area contributed by atoms with E-state index in [1.807, 2.05) is 17.5 Å². The molecule has 0 spiro atoms. The molecule has 0 fully saturated rings. The number of nitrogens with one attached hydrogen (secondary N) is 2. The summed E-state index contributed by atoms with van der Waals surface area (Å²) < 4.78 is 1.01. The van der Waals surface area contributed by atoms with Crippen molar-refractivity contribution in [1.82, 2.24) is 14.9 Å². The lowest BCUT2D eigenvalue weighted by Gasteiger charge is -2.06. The van der Waals surface area contributed by atoms with Gasteiger partial charge in [-0.15, -0.1) is 17.9 Å². The van der Waals surface area contributed by atoms with Crippen molar-refractivity contribution in [2.75, 3.05) is 6.54 Å². The summed E-state index contributed by atoms with van der Waals surface area (Å²) in [4.78, 5) is 39.0. The average Bonchev–Trinajstić information content (AvgIpc) is 2.94. The van der Waals surface area contributed by atoms with E-state index in [0.29, 0.717) is 0 Å². The van der Waals surface area contributed by atoms with E-state index in [2.05, 4.69) is 16.9 Å². The zero-order valence-electron chi connectivity index (χ0n) is 10.6. The monoisotopic (exact) mass is 291 g/mol. The normalized spacial score (nSPS) is 10.2. The van der Waals surface area contributed by atoms with E-state index in [9.17, 15) is 14.4 Å². The van der Waals surface area contributed by atoms with Gasteiger partial charge in [0.15, 0.2) is 0 Å². The largest absolute Gasteiger partial charge is 0.348 e. The van der Waals surface area contributed by atoms with E-state index in [0.717, 1.165) is 15.6 Å². The molecule has 104 valence electrons. The van der Waals surface area contributed by atoms with E-state index < -0.39 is 17.2 Å². The van der Waals surface area contributed by atoms with E-state index in [4.69, 9.17) is 0 Å². The number of aromatic nitrogens is 2. The predicted molar refractivity (Wildman–Crippen MR) is 77.3 cm³/mol. The third kappa shape index (κ3) is 2.94. The topological polar surface area (TPSA) is 84.0 Å². The number of nitrogens with zero attached hydrogens (tertiary/aromatic N) is 1. The molecule has 0 aliphatic carbocycles. The Kier molecular flexibility index (Phi) is 4.31. The minimum absolute atomic E-state index is 0.0944. The average molecular weight is 291 g/mol. The standard InChI is InChI=1S/C13H13N3O3S/c1-2-5-14-11(17)10-7-15-13(19)16(12(10)18)8-9-4-3-6-20-9/h2-4,6-7H,1,5,8H2,(H,14,17)(H,15,19). The maximum Gasteiger partial charge on any atom is 0.328 e. The van der Waals surface area contributed by atoms with Crippen molar-refractivity contribution in [2.24, 2.45) is 0 Å². The van der Waals surface area contributed by atoms with Crippen molar-refractivity contribution in [1.29, 1.82) is 0 Å². The Morgan fingerprint density at radius 1 is 1.50 bits per heavy atom. The van der Waals surface area contributed by atoms with E-state index in [1.54, 1.807) is 0 Å². The van der Waals surface area contributed by atoms with Gasteiger partial charge < -0.3 is 10.3 Å². The molecule has 2 aromatic heterocycles. The number of hydrogen-bond acceptors (Lipinski definition) is 4. The summed E-state index contributed by atoms with van der Waals surface area (Å²) in [6.07, 6.45) is 2.64. The molecule has 6 nitrogen and oxygen atoms in total. The highest BCUT2D eigenvalue weighted by molar-refractivity contribution is 7.09. The second-order valence-corrected chi connectivity index (χ2v) is 5.01. The molecular formula is C13H13N3O3S. The highest BCUT2D eigenvalue weighted by atomic mass is 32.1. The van der Waals surface area contributed by atoms with E-state index >= 15 is 0 Å². The van der Waals surface area contributed by atoms with Crippen molar-refractivity contribution < 1.29 is 4.79 Å². The Labute approximate surface area is 118 Å². The van der Waals surface area contributed by atoms with Gasteiger partial charge in [0.25, 0.3) is 11.5 Å². The molecule has 20 heavy (non-hydrogen) atoms. The molecule has 0 bridgehead atoms. The number of carbonyl (C=O) groups is 1. The van der Waals surface area contributed by atoms with E-state index in [-0.39, 0.29) is 18.7 Å². The van der Waals surface area contributed by atoms with Crippen molar-refractivity contribution in [3.05, 3.63) is 67.6 Å². The fraction of sp³-hybridized carbons (Fsp3) is 0.154. The molecule has 0 radical (unpaired) electrons. The van der Waals surface area contributed by atoms with Crippen LogP contribution in [0.25, 0.3) is 0 Å². The van der Waals surface area contributed by atoms with Crippen LogP contribution < -0.4 is 16.6 Å². The minimum Gasteiger partial charge on any atom is -0.348 e. The first-order valence-corrected chi connectivity index (χ1v) is 6.75. The van der Waals surface area contributed by atoms with Gasteiger partial charge >= 0.3 is 5.69 Å². The van der Waals surface area contributed by atoms with Gasteiger partial charge in [-0.25, -0.2) is 4.79 Å². The fourth-order valence-electron chi connectivity index (χ4n) is 1.64. The van der Waals surface area contributed by atoms with Crippen LogP contribution in [-0.4, -0.2) is 22.0 Å². The van der Waals surface area contributed by atoms with Crippen LogP contribution in [0.2, 0.25) is 0 Å². The number of aromatic amines is 1. The highest BCUT2D eigenvalue weighted by Gasteiger charge is 2.14. The van der Waals surface area contributed by atoms with Crippen molar-refractivity contribution in [3.63, 3.8) is 0 Å². The lowest BCUT2D eigenvalue weighted by Crippen LogP contribution is -2.40. The fourth-order valence-corrected chi connectivity index (χ4v) is 2.33. The Bertz CT molecular complexity index is 728. The lowest BCUT2D eigenvalue weighted by atomic mass is 10.3. The van der Waals surface area contributed by atoms with Gasteiger partial charge in [-0.1, -0.05) is 12.1 Å². The molecule has 2 heterocycles. The first-order chi connectivity index (χ1) is 9.63. The lowest BCUT2D eigenvalue weighted by molar-refractivity contribution is 0.0955. The molecule has 0 saturated heterocycles. The number of H-pyrrole nitrogens is 1. The molecule has 2 aromatic rings. The second kappa shape index (κ2) is 6.16. The summed E-state index contributed by atoms with van der Waals surface area (Å²) in [6.45, 7) is 3.88. The molecule has 0 atom stereocenters. The summed E-state index contributed by atoms with van der Waals surface area (Å²) in [5, 5.41) is 4.36. The Morgan fingerprint density at radius 3 is 2.95 bits per heavy atom. The first kappa shape index (κ1) is 14.0. The Morgan fingerprint density at radius 2 is 2.30 bits per heavy atom. The maximum atomic E-state index is 12.2. The molecule has 0 saturated carbocycles. The molecule has 2 N–H and O–H groups in total. The van der Waals surface area contributed by atoms with E-state index in [1.165, 1.54) is 17.4 Å². The van der Waals surface area contributed by atoms with Crippen LogP contribution >= 0.6 is 11.3 Å². The first-order valence-electron chi connectivity index (χ1n) is 5.87. The van der Waals surface area contributed by atoms with Gasteiger partial charge in [-0.3, -0.25) is 14.2 Å². The van der Waals surface area contributed by atoms with Gasteiger partial charge in [-0.05, 0) is 11.4 Å². The summed E-state index contributed by atoms with van der Waals surface area (Å²) in [6, 6.07) is 3.65. The quantitative estimate of drug-likeness (QED) is 0.790. The van der Waals surface area contributed by atoms with Crippen LogP contribution in [0.15, 0.2) is 46.0 Å². The molecule has 2 rings (SSSR count). The van der Waals surface area contributed by atoms with Crippen LogP contribution in [0.3, 0.4) is 0 Å². The van der Waals surface area contributed by atoms with Crippen molar-refractivity contribution in [3.8, 4) is 0 Å². The predicted octanol–water partition coefficient (Wildman–Crippen LogP) is 0.562. The van der Waals surface area contributed by atoms with Crippen LogP contribution in [0.4, 0.5) is 0 Å². The smallest absolute Gasteiger partial charge is 0.328 e. The summed E-state index contributed by atoms with van der Waals surface area (Å²) in [5.41, 5.74) is -1.24. The Hall–Kier alpha value is -2.41. The summed E-state index contributed by atoms with van der Waals surface area (Å²) in [7, 11) is 0. The zero-order chi connectivity index (χ0) is 14.5. The molecule has 0 unspecified atom stereocenters. The number of hydrogen-bond donors (Lipinski definition) is 2. The molecule has 0 aliphatic rings. The number of carbonyl (C=O) groups excluding carboxylic acids is 1. The summed E-state index contributed by atoms with van der Waals surface area (Å²) in [5.74, 6) is -0.536.